The summed E-state index contributed by atoms with van der Waals surface area (Å²) in [5, 5.41) is 0. The molecule has 3 rings (SSSR count). The van der Waals surface area contributed by atoms with E-state index >= 15 is 0 Å². The molecule has 0 bridgehead atoms. The van der Waals surface area contributed by atoms with Crippen molar-refractivity contribution in [1.29, 1.82) is 0 Å². The monoisotopic (exact) mass is 290 g/mol. The molecule has 16 heavy (non-hydrogen) atoms. The highest BCUT2D eigenvalue weighted by Crippen LogP contribution is 2.53. The first-order chi connectivity index (χ1) is 7.67. The maximum atomic E-state index is 13.7. The third-order valence-electron chi connectivity index (χ3n) is 3.25. The third-order valence-corrected chi connectivity index (χ3v) is 3.69. The van der Waals surface area contributed by atoms with Crippen LogP contribution in [0.1, 0.15) is 12.0 Å². The van der Waals surface area contributed by atoms with Crippen LogP contribution >= 0.6 is 15.9 Å². The summed E-state index contributed by atoms with van der Waals surface area (Å²) in [6.07, 6.45) is 2.13. The molecule has 1 saturated heterocycles. The van der Waals surface area contributed by atoms with Crippen molar-refractivity contribution in [3.8, 4) is 0 Å². The van der Waals surface area contributed by atoms with Crippen molar-refractivity contribution in [3.63, 3.8) is 0 Å². The number of nitrogens with one attached hydrogen (secondary N) is 1. The number of hydrogen-bond donors (Lipinski definition) is 1. The molecule has 86 valence electrons. The summed E-state index contributed by atoms with van der Waals surface area (Å²) in [6.45, 7) is -0.705. The summed E-state index contributed by atoms with van der Waals surface area (Å²) in [4.78, 5) is 8.78. The van der Waals surface area contributed by atoms with E-state index in [2.05, 4.69) is 26.4 Å². The Balaban J connectivity index is 2.09. The van der Waals surface area contributed by atoms with Gasteiger partial charge in [0, 0.05) is 22.2 Å². The number of rotatable bonds is 2. The van der Waals surface area contributed by atoms with Crippen molar-refractivity contribution >= 4 is 15.9 Å². The van der Waals surface area contributed by atoms with Crippen LogP contribution in [-0.4, -0.2) is 17.8 Å². The second-order valence-corrected chi connectivity index (χ2v) is 5.11. The molecular formula is C10H9BrF2N2O. The van der Waals surface area contributed by atoms with Crippen molar-refractivity contribution in [2.75, 3.05) is 6.67 Å². The van der Waals surface area contributed by atoms with E-state index in [-0.39, 0.29) is 17.6 Å². The number of halogens is 3. The van der Waals surface area contributed by atoms with E-state index in [0.717, 1.165) is 6.42 Å². The lowest BCUT2D eigenvalue weighted by atomic mass is 9.88. The predicted molar refractivity (Wildman–Crippen MR) is 55.7 cm³/mol. The molecule has 6 heteroatoms. The molecule has 1 N–H and O–H groups in total. The Labute approximate surface area is 99.3 Å². The van der Waals surface area contributed by atoms with Crippen molar-refractivity contribution in [2.45, 2.75) is 18.1 Å². The number of aromatic nitrogens is 1. The number of hydroxylamine groups is 1. The van der Waals surface area contributed by atoms with Crippen LogP contribution in [0.2, 0.25) is 0 Å². The molecule has 2 fully saturated rings. The van der Waals surface area contributed by atoms with Gasteiger partial charge in [-0.2, -0.15) is 9.87 Å². The van der Waals surface area contributed by atoms with Crippen LogP contribution in [-0.2, 0) is 10.4 Å². The molecule has 1 saturated carbocycles. The summed E-state index contributed by atoms with van der Waals surface area (Å²) >= 11 is 3.21. The molecule has 2 heterocycles. The van der Waals surface area contributed by atoms with Gasteiger partial charge in [-0.15, -0.1) is 0 Å². The van der Waals surface area contributed by atoms with Crippen molar-refractivity contribution in [1.82, 2.24) is 10.5 Å². The van der Waals surface area contributed by atoms with Gasteiger partial charge in [0.15, 0.2) is 0 Å². The van der Waals surface area contributed by atoms with Crippen LogP contribution in [0.4, 0.5) is 8.78 Å². The standard InChI is InChI=1S/C10H9BrF2N2O/c11-5-1-7(9(13)14-3-5)10(4-12)6-2-8(6)16-15-10/h1,3,6,8,15H,2,4H2/t6-,8+,10-/m0/s1. The Morgan fingerprint density at radius 2 is 2.50 bits per heavy atom. The zero-order valence-corrected chi connectivity index (χ0v) is 9.80. The summed E-state index contributed by atoms with van der Waals surface area (Å²) in [7, 11) is 0. The van der Waals surface area contributed by atoms with Crippen LogP contribution < -0.4 is 5.48 Å². The van der Waals surface area contributed by atoms with Crippen molar-refractivity contribution in [2.24, 2.45) is 5.92 Å². The minimum absolute atomic E-state index is 0.00287. The van der Waals surface area contributed by atoms with Gasteiger partial charge in [0.05, 0.1) is 6.10 Å². The number of nitrogens with zero attached hydrogens (tertiary/aromatic N) is 1. The number of alkyl halides is 1. The van der Waals surface area contributed by atoms with E-state index in [1.807, 2.05) is 0 Å². The van der Waals surface area contributed by atoms with E-state index in [0.29, 0.717) is 4.47 Å². The molecule has 0 amide bonds. The lowest BCUT2D eigenvalue weighted by molar-refractivity contribution is 0.00697. The normalized spacial score (nSPS) is 36.2. The third kappa shape index (κ3) is 1.33. The minimum Gasteiger partial charge on any atom is -0.297 e. The molecule has 0 unspecified atom stereocenters. The molecule has 0 aromatic carbocycles. The van der Waals surface area contributed by atoms with Crippen LogP contribution in [0.15, 0.2) is 16.7 Å². The lowest BCUT2D eigenvalue weighted by Gasteiger charge is -2.27. The number of pyridine rings is 1. The first-order valence-electron chi connectivity index (χ1n) is 4.97. The Kier molecular flexibility index (Phi) is 2.28. The molecule has 1 aromatic rings. The Bertz CT molecular complexity index is 445. The van der Waals surface area contributed by atoms with Gasteiger partial charge in [0.1, 0.15) is 12.2 Å². The van der Waals surface area contributed by atoms with E-state index in [1.165, 1.54) is 6.20 Å². The van der Waals surface area contributed by atoms with E-state index in [4.69, 9.17) is 4.84 Å². The first-order valence-corrected chi connectivity index (χ1v) is 5.77. The fourth-order valence-corrected chi connectivity index (χ4v) is 2.60. The highest BCUT2D eigenvalue weighted by Gasteiger charge is 2.62. The van der Waals surface area contributed by atoms with Crippen molar-refractivity contribution < 1.29 is 13.6 Å². The fourth-order valence-electron chi connectivity index (χ4n) is 2.27. The minimum atomic E-state index is -1.06. The van der Waals surface area contributed by atoms with Crippen LogP contribution in [0.5, 0.6) is 0 Å². The highest BCUT2D eigenvalue weighted by molar-refractivity contribution is 9.10. The second-order valence-electron chi connectivity index (χ2n) is 4.20. The maximum absolute atomic E-state index is 13.7. The van der Waals surface area contributed by atoms with Gasteiger partial charge in [-0.05, 0) is 28.4 Å². The van der Waals surface area contributed by atoms with Crippen LogP contribution in [0.3, 0.4) is 0 Å². The molecule has 0 spiro atoms. The SMILES string of the molecule is FC[C@]1(c2cc(Br)cnc2F)NO[C@@H]2C[C@@H]21. The zero-order chi connectivity index (χ0) is 11.3. The Morgan fingerprint density at radius 3 is 3.06 bits per heavy atom. The van der Waals surface area contributed by atoms with Gasteiger partial charge in [-0.1, -0.05) is 0 Å². The highest BCUT2D eigenvalue weighted by atomic mass is 79.9. The largest absolute Gasteiger partial charge is 0.297 e. The maximum Gasteiger partial charge on any atom is 0.218 e. The molecule has 1 aromatic heterocycles. The quantitative estimate of drug-likeness (QED) is 0.847. The summed E-state index contributed by atoms with van der Waals surface area (Å²) < 4.78 is 27.6. The smallest absolute Gasteiger partial charge is 0.218 e. The van der Waals surface area contributed by atoms with Crippen LogP contribution in [0, 0.1) is 11.9 Å². The molecule has 3 atom stereocenters. The average molecular weight is 291 g/mol. The van der Waals surface area contributed by atoms with Gasteiger partial charge in [-0.3, -0.25) is 4.84 Å². The van der Waals surface area contributed by atoms with E-state index in [9.17, 15) is 8.78 Å². The molecule has 0 radical (unpaired) electrons. The van der Waals surface area contributed by atoms with Crippen LogP contribution in [0.25, 0.3) is 0 Å². The van der Waals surface area contributed by atoms with Gasteiger partial charge >= 0.3 is 0 Å². The predicted octanol–water partition coefficient (Wildman–Crippen LogP) is 2.07. The molecular weight excluding hydrogens is 282 g/mol. The lowest BCUT2D eigenvalue weighted by Crippen LogP contribution is -2.43. The number of fused-ring (bicyclic) bond motifs is 1. The van der Waals surface area contributed by atoms with Gasteiger partial charge in [-0.25, -0.2) is 9.37 Å². The second kappa shape index (κ2) is 3.45. The number of hydrogen-bond acceptors (Lipinski definition) is 3. The van der Waals surface area contributed by atoms with E-state index in [1.54, 1.807) is 6.07 Å². The molecule has 2 aliphatic rings. The average Bonchev–Trinajstić information content (AvgIpc) is 2.98. The van der Waals surface area contributed by atoms with Crippen molar-refractivity contribution in [3.05, 3.63) is 28.2 Å². The van der Waals surface area contributed by atoms with E-state index < -0.39 is 18.2 Å². The topological polar surface area (TPSA) is 34.2 Å². The van der Waals surface area contributed by atoms with Gasteiger partial charge < -0.3 is 0 Å². The summed E-state index contributed by atoms with van der Waals surface area (Å²) in [5.74, 6) is -0.646. The van der Waals surface area contributed by atoms with Gasteiger partial charge in [0.2, 0.25) is 5.95 Å². The molecule has 3 nitrogen and oxygen atoms in total. The Morgan fingerprint density at radius 1 is 1.69 bits per heavy atom. The summed E-state index contributed by atoms with van der Waals surface area (Å²) in [5.41, 5.74) is 1.79. The van der Waals surface area contributed by atoms with Gasteiger partial charge in [0.25, 0.3) is 0 Å². The fraction of sp³-hybridized carbons (Fsp3) is 0.500. The first kappa shape index (κ1) is 10.6. The molecule has 1 aliphatic heterocycles. The molecule has 1 aliphatic carbocycles. The Hall–Kier alpha value is -0.590. The summed E-state index contributed by atoms with van der Waals surface area (Å²) in [6, 6.07) is 1.55. The zero-order valence-electron chi connectivity index (χ0n) is 8.21.